The molecule has 0 amide bonds. The van der Waals surface area contributed by atoms with Crippen LogP contribution in [0.25, 0.3) is 0 Å². The summed E-state index contributed by atoms with van der Waals surface area (Å²) >= 11 is 0. The topological polar surface area (TPSA) is 37.4 Å². The summed E-state index contributed by atoms with van der Waals surface area (Å²) in [5.74, 6) is 0. The molecule has 0 rings (SSSR count). The van der Waals surface area contributed by atoms with E-state index in [2.05, 4.69) is 0 Å². The van der Waals surface area contributed by atoms with E-state index in [0.29, 0.717) is 0 Å². The zero-order valence-electron chi connectivity index (χ0n) is 5.94. The first-order chi connectivity index (χ1) is 5.40. The first-order valence-electron chi connectivity index (χ1n) is 2.52. The van der Waals surface area contributed by atoms with Gasteiger partial charge in [-0.25, -0.2) is 8.42 Å². The molecule has 0 fully saturated rings. The monoisotopic (exact) mass is 231 g/mol. The molecule has 0 aromatic heterocycles. The smallest absolute Gasteiger partial charge is 0.202 e. The zero-order valence-corrected chi connectivity index (χ0v) is 6.76. The summed E-state index contributed by atoms with van der Waals surface area (Å²) in [6, 6.07) is 0. The molecule has 0 atom stereocenters. The maximum atomic E-state index is 11.5. The number of halogens is 6. The number of alkyl halides is 6. The lowest BCUT2D eigenvalue weighted by Gasteiger charge is -2.20. The molecule has 0 spiro atoms. The van der Waals surface area contributed by atoms with Gasteiger partial charge in [-0.05, 0) is 0 Å². The van der Waals surface area contributed by atoms with Crippen LogP contribution in [0.4, 0.5) is 26.3 Å². The minimum Gasteiger partial charge on any atom is -0.202 e. The first kappa shape index (κ1) is 12.5. The van der Waals surface area contributed by atoms with Crippen molar-refractivity contribution in [2.75, 3.05) is 7.05 Å². The van der Waals surface area contributed by atoms with Crippen molar-refractivity contribution in [2.45, 2.75) is 11.8 Å². The van der Waals surface area contributed by atoms with Crippen molar-refractivity contribution in [2.24, 2.45) is 0 Å². The van der Waals surface area contributed by atoms with Crippen LogP contribution < -0.4 is 0 Å². The standard InChI is InChI=1S/C3H3F6NO2S/c1-10(2(4,5)6)13(11,12)3(7,8)9/h1H3. The van der Waals surface area contributed by atoms with Gasteiger partial charge in [0.2, 0.25) is 0 Å². The van der Waals surface area contributed by atoms with Crippen LogP contribution in [0.1, 0.15) is 0 Å². The molecule has 13 heavy (non-hydrogen) atoms. The SMILES string of the molecule is CN(C(F)(F)F)S(=O)(=O)C(F)(F)F. The first-order valence-corrected chi connectivity index (χ1v) is 3.96. The van der Waals surface area contributed by atoms with Crippen molar-refractivity contribution in [1.29, 1.82) is 0 Å². The highest BCUT2D eigenvalue weighted by molar-refractivity contribution is 7.90. The van der Waals surface area contributed by atoms with E-state index in [4.69, 9.17) is 0 Å². The Morgan fingerprint density at radius 1 is 1.00 bits per heavy atom. The third-order valence-corrected chi connectivity index (χ3v) is 2.52. The molecule has 3 nitrogen and oxygen atoms in total. The average molecular weight is 231 g/mol. The Kier molecular flexibility index (Phi) is 2.89. The highest BCUT2D eigenvalue weighted by Gasteiger charge is 2.56. The van der Waals surface area contributed by atoms with Gasteiger partial charge in [0, 0.05) is 7.05 Å². The zero-order chi connectivity index (χ0) is 11.1. The van der Waals surface area contributed by atoms with Crippen molar-refractivity contribution < 1.29 is 34.8 Å². The molecule has 0 aromatic carbocycles. The van der Waals surface area contributed by atoms with Crippen molar-refractivity contribution >= 4 is 10.0 Å². The highest BCUT2D eigenvalue weighted by Crippen LogP contribution is 2.32. The number of hydrogen-bond acceptors (Lipinski definition) is 2. The van der Waals surface area contributed by atoms with Gasteiger partial charge in [-0.1, -0.05) is 0 Å². The fraction of sp³-hybridized carbons (Fsp3) is 1.00. The third-order valence-electron chi connectivity index (χ3n) is 1.01. The van der Waals surface area contributed by atoms with Gasteiger partial charge in [0.15, 0.2) is 0 Å². The van der Waals surface area contributed by atoms with Gasteiger partial charge >= 0.3 is 21.8 Å². The molecule has 0 saturated carbocycles. The second-order valence-electron chi connectivity index (χ2n) is 1.89. The molecule has 0 N–H and O–H groups in total. The molecule has 0 heterocycles. The Balaban J connectivity index is 5.12. The summed E-state index contributed by atoms with van der Waals surface area (Å²) < 4.78 is 87.5. The predicted molar refractivity (Wildman–Crippen MR) is 28.8 cm³/mol. The van der Waals surface area contributed by atoms with E-state index < -0.39 is 26.1 Å². The molecular formula is C3H3F6NO2S. The van der Waals surface area contributed by atoms with Gasteiger partial charge in [-0.15, -0.1) is 4.31 Å². The second-order valence-corrected chi connectivity index (χ2v) is 3.85. The maximum absolute atomic E-state index is 11.5. The summed E-state index contributed by atoms with van der Waals surface area (Å²) in [6.07, 6.45) is -5.58. The van der Waals surface area contributed by atoms with E-state index in [-0.39, 0.29) is 7.05 Å². The Hall–Kier alpha value is -0.510. The molecule has 0 radical (unpaired) electrons. The van der Waals surface area contributed by atoms with Gasteiger partial charge in [0.1, 0.15) is 0 Å². The van der Waals surface area contributed by atoms with Gasteiger partial charge in [0.05, 0.1) is 0 Å². The van der Waals surface area contributed by atoms with E-state index in [1.54, 1.807) is 0 Å². The summed E-state index contributed by atoms with van der Waals surface area (Å²) in [6.45, 7) is 0. The Morgan fingerprint density at radius 3 is 1.38 bits per heavy atom. The number of sulfonamides is 1. The number of rotatable bonds is 1. The Labute approximate surface area is 69.0 Å². The number of hydrogen-bond donors (Lipinski definition) is 0. The average Bonchev–Trinajstić information content (AvgIpc) is 1.81. The summed E-state index contributed by atoms with van der Waals surface area (Å²) in [5, 5.41) is 0. The van der Waals surface area contributed by atoms with Crippen LogP contribution in [0.15, 0.2) is 0 Å². The maximum Gasteiger partial charge on any atom is 0.511 e. The third kappa shape index (κ3) is 2.46. The van der Waals surface area contributed by atoms with Crippen molar-refractivity contribution in [3.8, 4) is 0 Å². The van der Waals surface area contributed by atoms with Crippen LogP contribution in [-0.4, -0.2) is 31.6 Å². The molecular weight excluding hydrogens is 228 g/mol. The number of nitrogens with zero attached hydrogens (tertiary/aromatic N) is 1. The van der Waals surface area contributed by atoms with E-state index in [1.165, 1.54) is 0 Å². The molecule has 0 saturated heterocycles. The van der Waals surface area contributed by atoms with Crippen molar-refractivity contribution in [3.05, 3.63) is 0 Å². The second kappa shape index (κ2) is 3.01. The summed E-state index contributed by atoms with van der Waals surface area (Å²) in [7, 11) is -6.55. The molecule has 80 valence electrons. The van der Waals surface area contributed by atoms with Crippen LogP contribution in [0, 0.1) is 0 Å². The van der Waals surface area contributed by atoms with E-state index in [1.807, 2.05) is 0 Å². The molecule has 0 aliphatic heterocycles. The van der Waals surface area contributed by atoms with Crippen molar-refractivity contribution in [3.63, 3.8) is 0 Å². The minimum absolute atomic E-state index is 0.219. The van der Waals surface area contributed by atoms with Crippen LogP contribution in [0.5, 0.6) is 0 Å². The van der Waals surface area contributed by atoms with Gasteiger partial charge in [-0.3, -0.25) is 0 Å². The van der Waals surface area contributed by atoms with Gasteiger partial charge in [0.25, 0.3) is 0 Å². The largest absolute Gasteiger partial charge is 0.511 e. The van der Waals surface area contributed by atoms with E-state index >= 15 is 0 Å². The molecule has 0 aliphatic carbocycles. The van der Waals surface area contributed by atoms with E-state index in [0.717, 1.165) is 0 Å². The highest BCUT2D eigenvalue weighted by atomic mass is 32.2. The molecule has 0 unspecified atom stereocenters. The molecule has 10 heteroatoms. The lowest BCUT2D eigenvalue weighted by atomic mass is 11.1. The summed E-state index contributed by atoms with van der Waals surface area (Å²) in [4.78, 5) is 0. The Bertz CT molecular complexity index is 275. The van der Waals surface area contributed by atoms with Gasteiger partial charge < -0.3 is 0 Å². The lowest BCUT2D eigenvalue weighted by Crippen LogP contribution is -2.45. The minimum atomic E-state index is -6.33. The van der Waals surface area contributed by atoms with Crippen LogP contribution in [0.3, 0.4) is 0 Å². The van der Waals surface area contributed by atoms with Crippen LogP contribution in [0.2, 0.25) is 0 Å². The molecule has 0 bridgehead atoms. The molecule has 0 aromatic rings. The normalized spacial score (nSPS) is 15.1. The lowest BCUT2D eigenvalue weighted by molar-refractivity contribution is -0.207. The predicted octanol–water partition coefficient (Wildman–Crippen LogP) is 1.29. The van der Waals surface area contributed by atoms with Gasteiger partial charge in [-0.2, -0.15) is 26.3 Å². The van der Waals surface area contributed by atoms with E-state index in [9.17, 15) is 34.8 Å². The van der Waals surface area contributed by atoms with Crippen molar-refractivity contribution in [1.82, 2.24) is 4.31 Å². The fourth-order valence-electron chi connectivity index (χ4n) is 0.292. The Morgan fingerprint density at radius 2 is 1.31 bits per heavy atom. The fourth-order valence-corrected chi connectivity index (χ4v) is 0.875. The van der Waals surface area contributed by atoms with Crippen LogP contribution in [-0.2, 0) is 10.0 Å². The quantitative estimate of drug-likeness (QED) is 0.503. The molecule has 0 aliphatic rings. The van der Waals surface area contributed by atoms with Crippen LogP contribution >= 0.6 is 0 Å². The summed E-state index contributed by atoms with van der Waals surface area (Å²) in [5.41, 5.74) is -5.95.